The Labute approximate surface area is 86.3 Å². The third-order valence-electron chi connectivity index (χ3n) is 4.24. The van der Waals surface area contributed by atoms with Gasteiger partial charge in [0.15, 0.2) is 0 Å². The van der Waals surface area contributed by atoms with E-state index in [2.05, 4.69) is 31.2 Å². The van der Waals surface area contributed by atoms with Crippen LogP contribution in [0.25, 0.3) is 0 Å². The van der Waals surface area contributed by atoms with Gasteiger partial charge >= 0.3 is 0 Å². The van der Waals surface area contributed by atoms with E-state index >= 15 is 0 Å². The third kappa shape index (κ3) is 1.28. The molecule has 2 aliphatic rings. The summed E-state index contributed by atoms with van der Waals surface area (Å²) >= 11 is 0. The van der Waals surface area contributed by atoms with Crippen LogP contribution in [0, 0.1) is 18.8 Å². The molecule has 1 aromatic rings. The van der Waals surface area contributed by atoms with E-state index in [4.69, 9.17) is 0 Å². The Morgan fingerprint density at radius 2 is 1.79 bits per heavy atom. The second-order valence-electron chi connectivity index (χ2n) is 5.19. The maximum absolute atomic E-state index is 2.35. The zero-order valence-corrected chi connectivity index (χ0v) is 8.87. The van der Waals surface area contributed by atoms with Gasteiger partial charge in [0.05, 0.1) is 0 Å². The minimum absolute atomic E-state index is 0.898. The van der Waals surface area contributed by atoms with Crippen LogP contribution in [0.15, 0.2) is 24.3 Å². The fourth-order valence-electron chi connectivity index (χ4n) is 3.47. The van der Waals surface area contributed by atoms with Crippen molar-refractivity contribution < 1.29 is 0 Å². The molecule has 3 rings (SSSR count). The Balaban J connectivity index is 1.86. The first-order chi connectivity index (χ1) is 6.83. The van der Waals surface area contributed by atoms with Gasteiger partial charge < -0.3 is 0 Å². The van der Waals surface area contributed by atoms with Crippen molar-refractivity contribution in [2.24, 2.45) is 11.8 Å². The van der Waals surface area contributed by atoms with E-state index in [1.54, 1.807) is 5.56 Å². The van der Waals surface area contributed by atoms with Gasteiger partial charge in [0.25, 0.3) is 0 Å². The third-order valence-corrected chi connectivity index (χ3v) is 4.24. The van der Waals surface area contributed by atoms with Crippen molar-refractivity contribution in [2.45, 2.75) is 38.5 Å². The van der Waals surface area contributed by atoms with Gasteiger partial charge in [0, 0.05) is 0 Å². The number of hydrogen-bond acceptors (Lipinski definition) is 0. The molecule has 1 aromatic carbocycles. The molecule has 0 radical (unpaired) electrons. The van der Waals surface area contributed by atoms with Gasteiger partial charge in [-0.1, -0.05) is 36.2 Å². The molecule has 0 aliphatic heterocycles. The van der Waals surface area contributed by atoms with Gasteiger partial charge in [-0.05, 0) is 49.5 Å². The molecule has 0 aromatic heterocycles. The Kier molecular flexibility index (Phi) is 1.90. The second kappa shape index (κ2) is 3.12. The number of benzene rings is 1. The maximum atomic E-state index is 2.35. The van der Waals surface area contributed by atoms with E-state index in [9.17, 15) is 0 Å². The van der Waals surface area contributed by atoms with Gasteiger partial charge in [-0.2, -0.15) is 0 Å². The summed E-state index contributed by atoms with van der Waals surface area (Å²) in [6.45, 7) is 2.17. The van der Waals surface area contributed by atoms with Crippen LogP contribution in [0.1, 0.15) is 42.7 Å². The van der Waals surface area contributed by atoms with Crippen LogP contribution in [0.5, 0.6) is 0 Å². The summed E-state index contributed by atoms with van der Waals surface area (Å²) in [4.78, 5) is 0. The van der Waals surface area contributed by atoms with E-state index < -0.39 is 0 Å². The van der Waals surface area contributed by atoms with Crippen LogP contribution in [-0.4, -0.2) is 0 Å². The quantitative estimate of drug-likeness (QED) is 0.624. The summed E-state index contributed by atoms with van der Waals surface area (Å²) in [6.07, 6.45) is 5.97. The van der Waals surface area contributed by atoms with Crippen molar-refractivity contribution in [1.82, 2.24) is 0 Å². The average Bonchev–Trinajstić information content (AvgIpc) is 2.80. The van der Waals surface area contributed by atoms with Gasteiger partial charge in [0.2, 0.25) is 0 Å². The number of rotatable bonds is 1. The lowest BCUT2D eigenvalue weighted by molar-refractivity contribution is 0.420. The van der Waals surface area contributed by atoms with Crippen molar-refractivity contribution in [3.05, 3.63) is 35.4 Å². The monoisotopic (exact) mass is 186 g/mol. The molecule has 2 saturated carbocycles. The lowest BCUT2D eigenvalue weighted by Gasteiger charge is -2.22. The minimum atomic E-state index is 0.898. The van der Waals surface area contributed by atoms with E-state index in [1.807, 2.05) is 0 Å². The normalized spacial score (nSPS) is 35.1. The summed E-state index contributed by atoms with van der Waals surface area (Å²) in [5.41, 5.74) is 2.99. The smallest absolute Gasteiger partial charge is 0.0131 e. The minimum Gasteiger partial charge on any atom is -0.0590 e. The van der Waals surface area contributed by atoms with Crippen LogP contribution < -0.4 is 0 Å². The highest BCUT2D eigenvalue weighted by atomic mass is 14.4. The first-order valence-corrected chi connectivity index (χ1v) is 5.89. The molecule has 2 fully saturated rings. The molecule has 1 unspecified atom stereocenters. The van der Waals surface area contributed by atoms with Crippen LogP contribution >= 0.6 is 0 Å². The number of hydrogen-bond donors (Lipinski definition) is 0. The van der Waals surface area contributed by atoms with Crippen LogP contribution in [0.4, 0.5) is 0 Å². The fourth-order valence-corrected chi connectivity index (χ4v) is 3.47. The molecule has 0 saturated heterocycles. The molecule has 2 bridgehead atoms. The van der Waals surface area contributed by atoms with Crippen molar-refractivity contribution in [3.8, 4) is 0 Å². The number of fused-ring (bicyclic) bond motifs is 2. The molecule has 0 heterocycles. The summed E-state index contributed by atoms with van der Waals surface area (Å²) < 4.78 is 0. The standard InChI is InChI=1S/C14H18/c1-10-2-5-12(6-3-10)14-9-11-4-7-13(14)8-11/h2-3,5-6,11,13-14H,4,7-9H2,1H3/t11-,13+,14?/m1/s1. The summed E-state index contributed by atoms with van der Waals surface area (Å²) in [7, 11) is 0. The first-order valence-electron chi connectivity index (χ1n) is 5.89. The van der Waals surface area contributed by atoms with E-state index in [0.29, 0.717) is 0 Å². The van der Waals surface area contributed by atoms with Crippen molar-refractivity contribution in [2.75, 3.05) is 0 Å². The predicted molar refractivity (Wildman–Crippen MR) is 59.4 cm³/mol. The molecule has 0 nitrogen and oxygen atoms in total. The van der Waals surface area contributed by atoms with Crippen LogP contribution in [0.2, 0.25) is 0 Å². The molecular weight excluding hydrogens is 168 g/mol. The van der Waals surface area contributed by atoms with E-state index in [-0.39, 0.29) is 0 Å². The molecule has 74 valence electrons. The van der Waals surface area contributed by atoms with Crippen molar-refractivity contribution in [1.29, 1.82) is 0 Å². The van der Waals surface area contributed by atoms with Crippen molar-refractivity contribution in [3.63, 3.8) is 0 Å². The first kappa shape index (κ1) is 8.52. The average molecular weight is 186 g/mol. The van der Waals surface area contributed by atoms with Crippen molar-refractivity contribution >= 4 is 0 Å². The summed E-state index contributed by atoms with van der Waals surface area (Å²) in [5, 5.41) is 0. The molecular formula is C14H18. The molecule has 2 aliphatic carbocycles. The largest absolute Gasteiger partial charge is 0.0590 e. The van der Waals surface area contributed by atoms with Crippen LogP contribution in [-0.2, 0) is 0 Å². The lowest BCUT2D eigenvalue weighted by atomic mass is 9.83. The highest BCUT2D eigenvalue weighted by Crippen LogP contribution is 2.52. The Bertz CT molecular complexity index is 322. The van der Waals surface area contributed by atoms with Gasteiger partial charge in [-0.3, -0.25) is 0 Å². The SMILES string of the molecule is Cc1ccc(C2C[C@@H]3CC[C@H]2C3)cc1. The van der Waals surface area contributed by atoms with Crippen LogP contribution in [0.3, 0.4) is 0 Å². The molecule has 0 N–H and O–H groups in total. The zero-order valence-electron chi connectivity index (χ0n) is 8.87. The summed E-state index contributed by atoms with van der Waals surface area (Å²) in [5.74, 6) is 2.98. The Hall–Kier alpha value is -0.780. The van der Waals surface area contributed by atoms with E-state index in [0.717, 1.165) is 17.8 Å². The van der Waals surface area contributed by atoms with E-state index in [1.165, 1.54) is 31.2 Å². The zero-order chi connectivity index (χ0) is 9.54. The number of aryl methyl sites for hydroxylation is 1. The molecule has 0 spiro atoms. The Morgan fingerprint density at radius 3 is 2.36 bits per heavy atom. The highest BCUT2D eigenvalue weighted by molar-refractivity contribution is 5.26. The predicted octanol–water partition coefficient (Wildman–Crippen LogP) is 3.90. The van der Waals surface area contributed by atoms with Gasteiger partial charge in [-0.25, -0.2) is 0 Å². The Morgan fingerprint density at radius 1 is 1.00 bits per heavy atom. The molecule has 0 amide bonds. The highest BCUT2D eigenvalue weighted by Gasteiger charge is 2.39. The molecule has 0 heteroatoms. The second-order valence-corrected chi connectivity index (χ2v) is 5.19. The summed E-state index contributed by atoms with van der Waals surface area (Å²) in [6, 6.07) is 9.23. The molecule has 14 heavy (non-hydrogen) atoms. The van der Waals surface area contributed by atoms with Gasteiger partial charge in [0.1, 0.15) is 0 Å². The maximum Gasteiger partial charge on any atom is -0.0131 e. The lowest BCUT2D eigenvalue weighted by Crippen LogP contribution is -2.08. The fraction of sp³-hybridized carbons (Fsp3) is 0.571. The molecule has 3 atom stereocenters. The topological polar surface area (TPSA) is 0 Å². The van der Waals surface area contributed by atoms with Gasteiger partial charge in [-0.15, -0.1) is 0 Å².